The third-order valence-corrected chi connectivity index (χ3v) is 3.73. The third-order valence-electron chi connectivity index (χ3n) is 3.73. The van der Waals surface area contributed by atoms with E-state index in [-0.39, 0.29) is 18.6 Å². The van der Waals surface area contributed by atoms with Gasteiger partial charge in [-0.1, -0.05) is 12.1 Å². The molecule has 0 bridgehead atoms. The highest BCUT2D eigenvalue weighted by atomic mass is 16.5. The van der Waals surface area contributed by atoms with Crippen LogP contribution < -0.4 is 9.47 Å². The Morgan fingerprint density at radius 3 is 2.17 bits per heavy atom. The summed E-state index contributed by atoms with van der Waals surface area (Å²) in [5.74, 6) is -1.31. The van der Waals surface area contributed by atoms with Crippen LogP contribution in [0.2, 0.25) is 0 Å². The fourth-order valence-corrected chi connectivity index (χ4v) is 2.22. The Kier molecular flexibility index (Phi) is 9.85. The Labute approximate surface area is 173 Å². The second kappa shape index (κ2) is 12.4. The van der Waals surface area contributed by atoms with Gasteiger partial charge in [-0.25, -0.2) is 4.79 Å². The molecule has 0 aliphatic carbocycles. The number of carbonyl (C=O) groups excluding carboxylic acids is 1. The Balaban J connectivity index is 0.000000311. The van der Waals surface area contributed by atoms with E-state index in [1.54, 1.807) is 42.5 Å². The van der Waals surface area contributed by atoms with Gasteiger partial charge >= 0.3 is 11.9 Å². The topological polar surface area (TPSA) is 134 Å². The van der Waals surface area contributed by atoms with Gasteiger partial charge in [-0.2, -0.15) is 5.26 Å². The molecule has 2 aromatic carbocycles. The van der Waals surface area contributed by atoms with Crippen molar-refractivity contribution in [3.05, 3.63) is 65.2 Å². The lowest BCUT2D eigenvalue weighted by Crippen LogP contribution is -2.06. The van der Waals surface area contributed by atoms with Crippen molar-refractivity contribution < 1.29 is 34.1 Å². The molecule has 0 amide bonds. The van der Waals surface area contributed by atoms with Crippen molar-refractivity contribution in [2.45, 2.75) is 12.8 Å². The minimum atomic E-state index is -1.000. The summed E-state index contributed by atoms with van der Waals surface area (Å²) in [4.78, 5) is 32.4. The van der Waals surface area contributed by atoms with Crippen LogP contribution in [0.5, 0.6) is 11.5 Å². The lowest BCUT2D eigenvalue weighted by atomic mass is 10.1. The summed E-state index contributed by atoms with van der Waals surface area (Å²) in [5, 5.41) is 25.3. The first-order valence-electron chi connectivity index (χ1n) is 8.69. The first-order chi connectivity index (χ1) is 14.3. The van der Waals surface area contributed by atoms with Crippen molar-refractivity contribution in [2.24, 2.45) is 0 Å². The number of carbonyl (C=O) groups is 3. The number of hydrogen-bond donors (Lipinski definition) is 2. The molecule has 156 valence electrons. The lowest BCUT2D eigenvalue weighted by Gasteiger charge is -2.09. The Morgan fingerprint density at radius 1 is 1.00 bits per heavy atom. The molecule has 8 heteroatoms. The van der Waals surface area contributed by atoms with Crippen LogP contribution in [-0.2, 0) is 9.59 Å². The average molecular weight is 411 g/mol. The predicted octanol–water partition coefficient (Wildman–Crippen LogP) is 3.41. The van der Waals surface area contributed by atoms with E-state index in [9.17, 15) is 14.4 Å². The van der Waals surface area contributed by atoms with Crippen molar-refractivity contribution >= 4 is 23.8 Å². The van der Waals surface area contributed by atoms with Gasteiger partial charge in [-0.05, 0) is 42.0 Å². The van der Waals surface area contributed by atoms with Gasteiger partial charge in [-0.3, -0.25) is 9.59 Å². The Bertz CT molecular complexity index is 956. The normalized spacial score (nSPS) is 9.77. The van der Waals surface area contributed by atoms with Gasteiger partial charge in [0.2, 0.25) is 0 Å². The summed E-state index contributed by atoms with van der Waals surface area (Å²) < 4.78 is 10.1. The van der Waals surface area contributed by atoms with Crippen LogP contribution in [0.25, 0.3) is 6.08 Å². The molecule has 0 saturated heterocycles. The molecule has 0 fully saturated rings. The summed E-state index contributed by atoms with van der Waals surface area (Å²) >= 11 is 0. The highest BCUT2D eigenvalue weighted by Gasteiger charge is 2.14. The zero-order chi connectivity index (χ0) is 22.5. The summed E-state index contributed by atoms with van der Waals surface area (Å²) in [6.45, 7) is 0. The third kappa shape index (κ3) is 8.27. The number of Topliss-reactive ketones (excluding diaryl/α,β-unsaturated/α-hetero) is 1. The first-order valence-corrected chi connectivity index (χ1v) is 8.69. The number of nitrogens with zero attached hydrogens (tertiary/aromatic N) is 1. The molecule has 0 radical (unpaired) electrons. The number of benzene rings is 2. The van der Waals surface area contributed by atoms with E-state index in [4.69, 9.17) is 24.9 Å². The smallest absolute Gasteiger partial charge is 0.328 e. The van der Waals surface area contributed by atoms with E-state index in [2.05, 4.69) is 0 Å². The van der Waals surface area contributed by atoms with Gasteiger partial charge in [0.1, 0.15) is 11.5 Å². The molecule has 0 aliphatic heterocycles. The largest absolute Gasteiger partial charge is 0.497 e. The molecule has 2 rings (SSSR count). The van der Waals surface area contributed by atoms with E-state index >= 15 is 0 Å². The van der Waals surface area contributed by atoms with Gasteiger partial charge in [0.05, 0.1) is 37.8 Å². The monoisotopic (exact) mass is 411 g/mol. The van der Waals surface area contributed by atoms with Crippen molar-refractivity contribution in [2.75, 3.05) is 14.2 Å². The standard InChI is InChI=1S/C12H14O5.C10H7NO2/c1-16-8-3-5-11(17-2)9(7-8)10(13)4-6-12(14)15;11-7-9-3-1-8(2-4-9)5-6-10(12)13/h3,5,7H,4,6H2,1-2H3,(H,14,15);1-6H,(H,12,13). The zero-order valence-corrected chi connectivity index (χ0v) is 16.5. The van der Waals surface area contributed by atoms with Crippen LogP contribution >= 0.6 is 0 Å². The molecule has 2 N–H and O–H groups in total. The van der Waals surface area contributed by atoms with Gasteiger partial charge in [-0.15, -0.1) is 0 Å². The predicted molar refractivity (Wildman–Crippen MR) is 109 cm³/mol. The maximum atomic E-state index is 11.8. The quantitative estimate of drug-likeness (QED) is 0.498. The van der Waals surface area contributed by atoms with Gasteiger partial charge in [0.25, 0.3) is 0 Å². The Hall–Kier alpha value is -4.12. The van der Waals surface area contributed by atoms with E-state index in [1.807, 2.05) is 6.07 Å². The molecule has 0 heterocycles. The van der Waals surface area contributed by atoms with Crippen LogP contribution in [-0.4, -0.2) is 42.2 Å². The lowest BCUT2D eigenvalue weighted by molar-refractivity contribution is -0.137. The van der Waals surface area contributed by atoms with Crippen LogP contribution in [0.15, 0.2) is 48.5 Å². The van der Waals surface area contributed by atoms with Crippen molar-refractivity contribution in [3.63, 3.8) is 0 Å². The molecule has 0 aliphatic rings. The molecule has 0 aromatic heterocycles. The minimum absolute atomic E-state index is 0.0567. The molecule has 0 spiro atoms. The first kappa shape index (κ1) is 23.9. The second-order valence-electron chi connectivity index (χ2n) is 5.79. The van der Waals surface area contributed by atoms with E-state index < -0.39 is 11.9 Å². The maximum absolute atomic E-state index is 11.8. The van der Waals surface area contributed by atoms with E-state index in [0.29, 0.717) is 22.6 Å². The summed E-state index contributed by atoms with van der Waals surface area (Å²) in [5.41, 5.74) is 1.67. The van der Waals surface area contributed by atoms with Gasteiger partial charge < -0.3 is 19.7 Å². The number of carboxylic acids is 2. The molecule has 30 heavy (non-hydrogen) atoms. The maximum Gasteiger partial charge on any atom is 0.328 e. The molecular formula is C22H21NO7. The fraction of sp³-hybridized carbons (Fsp3) is 0.182. The fourth-order valence-electron chi connectivity index (χ4n) is 2.22. The van der Waals surface area contributed by atoms with Gasteiger partial charge in [0.15, 0.2) is 5.78 Å². The number of nitriles is 1. The van der Waals surface area contributed by atoms with Crippen LogP contribution in [0, 0.1) is 11.3 Å². The number of rotatable bonds is 8. The molecule has 0 atom stereocenters. The minimum Gasteiger partial charge on any atom is -0.497 e. The molecule has 8 nitrogen and oxygen atoms in total. The number of aliphatic carboxylic acids is 2. The number of carboxylic acid groups (broad SMARTS) is 2. The van der Waals surface area contributed by atoms with Crippen LogP contribution in [0.1, 0.15) is 34.3 Å². The molecule has 2 aromatic rings. The molecular weight excluding hydrogens is 390 g/mol. The Morgan fingerprint density at radius 2 is 1.67 bits per heavy atom. The number of ether oxygens (including phenoxy) is 2. The highest BCUT2D eigenvalue weighted by molar-refractivity contribution is 6.00. The van der Waals surface area contributed by atoms with Crippen LogP contribution in [0.4, 0.5) is 0 Å². The SMILES string of the molecule is COc1ccc(OC)c(C(=O)CCC(=O)O)c1.N#Cc1ccc(C=CC(=O)O)cc1. The molecule has 0 saturated carbocycles. The zero-order valence-electron chi connectivity index (χ0n) is 16.5. The van der Waals surface area contributed by atoms with E-state index in [1.165, 1.54) is 20.3 Å². The van der Waals surface area contributed by atoms with Crippen molar-refractivity contribution in [3.8, 4) is 17.6 Å². The second-order valence-corrected chi connectivity index (χ2v) is 5.79. The average Bonchev–Trinajstić information content (AvgIpc) is 2.76. The van der Waals surface area contributed by atoms with Crippen molar-refractivity contribution in [1.29, 1.82) is 5.26 Å². The molecule has 0 unspecified atom stereocenters. The van der Waals surface area contributed by atoms with Crippen molar-refractivity contribution in [1.82, 2.24) is 0 Å². The summed E-state index contributed by atoms with van der Waals surface area (Å²) in [6, 6.07) is 13.5. The highest BCUT2D eigenvalue weighted by Crippen LogP contribution is 2.25. The number of methoxy groups -OCH3 is 2. The number of ketones is 1. The summed E-state index contributed by atoms with van der Waals surface area (Å²) in [6.07, 6.45) is 2.28. The van der Waals surface area contributed by atoms with E-state index in [0.717, 1.165) is 11.6 Å². The van der Waals surface area contributed by atoms with Gasteiger partial charge in [0, 0.05) is 12.5 Å². The summed E-state index contributed by atoms with van der Waals surface area (Å²) in [7, 11) is 2.95. The number of hydrogen-bond acceptors (Lipinski definition) is 6. The van der Waals surface area contributed by atoms with Crippen LogP contribution in [0.3, 0.4) is 0 Å².